The minimum absolute atomic E-state index is 0.000186. The van der Waals surface area contributed by atoms with E-state index in [1.165, 1.54) is 0 Å². The molecule has 0 aromatic carbocycles. The Labute approximate surface area is 230 Å². The summed E-state index contributed by atoms with van der Waals surface area (Å²) in [7, 11) is 0. The first-order chi connectivity index (χ1) is 18.9. The van der Waals surface area contributed by atoms with E-state index in [1.54, 1.807) is 0 Å². The van der Waals surface area contributed by atoms with Gasteiger partial charge in [-0.2, -0.15) is 0 Å². The number of rotatable bonds is 11. The van der Waals surface area contributed by atoms with Crippen molar-refractivity contribution >= 4 is 5.78 Å². The average molecular weight is 585 g/mol. The maximum absolute atomic E-state index is 12.7. The first-order valence-corrected chi connectivity index (χ1v) is 13.3. The molecule has 16 N–H and O–H groups in total. The highest BCUT2D eigenvalue weighted by atomic mass is 16.7. The van der Waals surface area contributed by atoms with E-state index in [0.29, 0.717) is 0 Å². The van der Waals surface area contributed by atoms with E-state index in [4.69, 9.17) is 41.9 Å². The molecule has 0 bridgehead atoms. The minimum atomic E-state index is -1.74. The molecule has 17 heteroatoms. The predicted octanol–water partition coefficient (Wildman–Crippen LogP) is -7.33. The molecule has 0 radical (unpaired) electrons. The summed E-state index contributed by atoms with van der Waals surface area (Å²) >= 11 is 0. The Morgan fingerprint density at radius 1 is 0.825 bits per heavy atom. The molecule has 3 rings (SSSR count). The smallest absolute Gasteiger partial charge is 0.187 e. The Hall–Kier alpha value is -0.970. The van der Waals surface area contributed by atoms with Gasteiger partial charge in [-0.15, -0.1) is 0 Å². The van der Waals surface area contributed by atoms with Gasteiger partial charge in [0, 0.05) is 19.0 Å². The molecule has 0 spiro atoms. The third-order valence-electron chi connectivity index (χ3n) is 7.83. The summed E-state index contributed by atoms with van der Waals surface area (Å²) in [6.07, 6.45) is -19.5. The van der Waals surface area contributed by atoms with Crippen LogP contribution >= 0.6 is 0 Å². The average Bonchev–Trinajstić information content (AvgIpc) is 2.92. The molecule has 17 nitrogen and oxygen atoms in total. The minimum Gasteiger partial charge on any atom is -0.394 e. The molecule has 2 heterocycles. The van der Waals surface area contributed by atoms with Gasteiger partial charge < -0.3 is 82.7 Å². The normalized spacial score (nSPS) is 47.1. The lowest BCUT2D eigenvalue weighted by atomic mass is 9.76. The van der Waals surface area contributed by atoms with Crippen molar-refractivity contribution in [3.8, 4) is 0 Å². The van der Waals surface area contributed by atoms with Gasteiger partial charge in [-0.1, -0.05) is 0 Å². The number of hydrogen-bond acceptors (Lipinski definition) is 17. The van der Waals surface area contributed by atoms with E-state index in [2.05, 4.69) is 0 Å². The third kappa shape index (κ3) is 7.14. The van der Waals surface area contributed by atoms with Crippen LogP contribution in [0.5, 0.6) is 0 Å². The van der Waals surface area contributed by atoms with Gasteiger partial charge >= 0.3 is 0 Å². The maximum atomic E-state index is 12.7. The molecule has 3 aliphatic rings. The molecule has 3 fully saturated rings. The van der Waals surface area contributed by atoms with Crippen LogP contribution in [0.3, 0.4) is 0 Å². The van der Waals surface area contributed by atoms with Crippen molar-refractivity contribution in [3.05, 3.63) is 0 Å². The Balaban J connectivity index is 1.85. The van der Waals surface area contributed by atoms with E-state index in [9.17, 15) is 45.6 Å². The molecule has 0 aromatic heterocycles. The van der Waals surface area contributed by atoms with E-state index in [1.807, 2.05) is 0 Å². The fraction of sp³-hybridized carbons (Fsp3) is 0.957. The van der Waals surface area contributed by atoms with Gasteiger partial charge in [0.15, 0.2) is 18.4 Å². The zero-order valence-electron chi connectivity index (χ0n) is 21.9. The van der Waals surface area contributed by atoms with Crippen LogP contribution in [0.2, 0.25) is 0 Å². The number of hydrogen-bond donors (Lipinski definition) is 12. The second-order valence-electron chi connectivity index (χ2n) is 10.6. The van der Waals surface area contributed by atoms with Gasteiger partial charge in [-0.05, 0) is 25.3 Å². The number of aliphatic hydroxyl groups excluding tert-OH is 8. The number of ether oxygens (including phenoxy) is 4. The van der Waals surface area contributed by atoms with Gasteiger partial charge in [0.2, 0.25) is 0 Å². The lowest BCUT2D eigenvalue weighted by Gasteiger charge is -2.48. The van der Waals surface area contributed by atoms with Crippen LogP contribution < -0.4 is 22.9 Å². The summed E-state index contributed by atoms with van der Waals surface area (Å²) in [5, 5.41) is 82.5. The lowest BCUT2D eigenvalue weighted by molar-refractivity contribution is -0.335. The molecular formula is C23H44N4O13. The van der Waals surface area contributed by atoms with E-state index >= 15 is 0 Å². The Morgan fingerprint density at radius 3 is 2.02 bits per heavy atom. The third-order valence-corrected chi connectivity index (χ3v) is 7.83. The first kappa shape index (κ1) is 33.5. The SMILES string of the molecule is NCC[C@H](O)C(=O)CC1C[C@H](N)[C@@H](OC2O[C@H](CN)[C@@H](O)C(O)[C@H]2O)[C@H](O)C1O[C@H]1O[C@H](CO)[C@@H](O)[C@H](N)[C@H]1O. The Bertz CT molecular complexity index is 813. The molecule has 0 aromatic rings. The molecule has 1 aliphatic carbocycles. The van der Waals surface area contributed by atoms with Crippen LogP contribution in [0.4, 0.5) is 0 Å². The Morgan fingerprint density at radius 2 is 1.43 bits per heavy atom. The monoisotopic (exact) mass is 584 g/mol. The number of carbonyl (C=O) groups is 1. The quantitative estimate of drug-likeness (QED) is 0.107. The summed E-state index contributed by atoms with van der Waals surface area (Å²) in [5.74, 6) is -1.44. The number of carbonyl (C=O) groups excluding carboxylic acids is 1. The lowest BCUT2D eigenvalue weighted by Crippen LogP contribution is -2.66. The molecular weight excluding hydrogens is 540 g/mol. The molecule has 16 atom stereocenters. The summed E-state index contributed by atoms with van der Waals surface area (Å²) < 4.78 is 22.6. The van der Waals surface area contributed by atoms with E-state index < -0.39 is 110 Å². The second kappa shape index (κ2) is 14.5. The molecule has 1 saturated carbocycles. The molecule has 2 saturated heterocycles. The Kier molecular flexibility index (Phi) is 12.1. The van der Waals surface area contributed by atoms with Crippen LogP contribution in [-0.2, 0) is 23.7 Å². The van der Waals surface area contributed by atoms with Crippen molar-refractivity contribution in [3.63, 3.8) is 0 Å². The summed E-state index contributed by atoms with van der Waals surface area (Å²) in [6.45, 7) is -0.833. The summed E-state index contributed by atoms with van der Waals surface area (Å²) in [5.41, 5.74) is 23.2. The van der Waals surface area contributed by atoms with Crippen LogP contribution in [0.15, 0.2) is 0 Å². The van der Waals surface area contributed by atoms with Gasteiger partial charge in [0.1, 0.15) is 61.0 Å². The van der Waals surface area contributed by atoms with E-state index in [-0.39, 0.29) is 32.4 Å². The maximum Gasteiger partial charge on any atom is 0.187 e. The molecule has 40 heavy (non-hydrogen) atoms. The van der Waals surface area contributed by atoms with Crippen LogP contribution in [0.1, 0.15) is 19.3 Å². The zero-order valence-corrected chi connectivity index (χ0v) is 21.9. The van der Waals surface area contributed by atoms with Crippen LogP contribution in [0.25, 0.3) is 0 Å². The van der Waals surface area contributed by atoms with Crippen molar-refractivity contribution in [2.75, 3.05) is 19.7 Å². The molecule has 2 aliphatic heterocycles. The fourth-order valence-corrected chi connectivity index (χ4v) is 5.38. The van der Waals surface area contributed by atoms with Crippen molar-refractivity contribution in [2.45, 2.75) is 111 Å². The highest BCUT2D eigenvalue weighted by Gasteiger charge is 2.52. The second-order valence-corrected chi connectivity index (χ2v) is 10.6. The highest BCUT2D eigenvalue weighted by molar-refractivity contribution is 5.83. The topological polar surface area (TPSA) is 320 Å². The zero-order chi connectivity index (χ0) is 29.9. The van der Waals surface area contributed by atoms with Crippen LogP contribution in [0, 0.1) is 5.92 Å². The van der Waals surface area contributed by atoms with E-state index in [0.717, 1.165) is 0 Å². The fourth-order valence-electron chi connectivity index (χ4n) is 5.38. The van der Waals surface area contributed by atoms with Gasteiger partial charge in [0.25, 0.3) is 0 Å². The summed E-state index contributed by atoms with van der Waals surface area (Å²) in [6, 6.07) is -2.27. The van der Waals surface area contributed by atoms with Gasteiger partial charge in [-0.3, -0.25) is 4.79 Å². The number of aliphatic hydroxyl groups is 8. The van der Waals surface area contributed by atoms with Crippen molar-refractivity contribution in [1.82, 2.24) is 0 Å². The highest BCUT2D eigenvalue weighted by Crippen LogP contribution is 2.36. The predicted molar refractivity (Wildman–Crippen MR) is 133 cm³/mol. The largest absolute Gasteiger partial charge is 0.394 e. The van der Waals surface area contributed by atoms with Crippen LogP contribution in [-0.4, -0.2) is 158 Å². The molecule has 234 valence electrons. The standard InChI is InChI=1S/C23H44N4O13/c24-2-1-9(29)10(30)4-7-3-8(26)21(40-23-18(35)17(34)15(32)11(5-25)37-23)19(36)20(7)39-22-16(33)13(27)14(31)12(6-28)38-22/h7-9,11-23,28-29,31-36H,1-6,24-27H2/t7?,8-,9-,11+,12+,13-,14+,15+,16+,17?,18+,19+,20?,21+,22+,23?/m0/s1. The first-order valence-electron chi connectivity index (χ1n) is 13.3. The molecule has 4 unspecified atom stereocenters. The summed E-state index contributed by atoms with van der Waals surface area (Å²) in [4.78, 5) is 12.7. The number of ketones is 1. The van der Waals surface area contributed by atoms with Crippen molar-refractivity contribution in [1.29, 1.82) is 0 Å². The van der Waals surface area contributed by atoms with Crippen molar-refractivity contribution < 1.29 is 64.6 Å². The molecule has 0 amide bonds. The number of Topliss-reactive ketones (excluding diaryl/α,β-unsaturated/α-hetero) is 1. The number of nitrogens with two attached hydrogens (primary N) is 4. The van der Waals surface area contributed by atoms with Gasteiger partial charge in [0.05, 0.1) is 18.8 Å². The van der Waals surface area contributed by atoms with Crippen molar-refractivity contribution in [2.24, 2.45) is 28.9 Å². The van der Waals surface area contributed by atoms with Gasteiger partial charge in [-0.25, -0.2) is 0 Å².